The summed E-state index contributed by atoms with van der Waals surface area (Å²) in [6.07, 6.45) is 2.28. The van der Waals surface area contributed by atoms with Crippen molar-refractivity contribution < 1.29 is 4.52 Å². The van der Waals surface area contributed by atoms with Crippen molar-refractivity contribution in [3.05, 3.63) is 5.89 Å². The van der Waals surface area contributed by atoms with Crippen molar-refractivity contribution in [1.82, 2.24) is 15.5 Å². The van der Waals surface area contributed by atoms with Gasteiger partial charge in [0.2, 0.25) is 5.89 Å². The van der Waals surface area contributed by atoms with Crippen LogP contribution in [0.4, 0.5) is 5.95 Å². The highest BCUT2D eigenvalue weighted by Gasteiger charge is 2.22. The predicted molar refractivity (Wildman–Crippen MR) is 48.6 cm³/mol. The molecule has 0 amide bonds. The van der Waals surface area contributed by atoms with Gasteiger partial charge in [0.15, 0.2) is 0 Å². The van der Waals surface area contributed by atoms with Gasteiger partial charge in [0.05, 0.1) is 6.04 Å². The van der Waals surface area contributed by atoms with E-state index in [1.165, 1.54) is 6.42 Å². The average molecular weight is 182 g/mol. The van der Waals surface area contributed by atoms with Crippen molar-refractivity contribution in [3.63, 3.8) is 0 Å². The molecule has 2 rings (SSSR count). The minimum atomic E-state index is 0.265. The third kappa shape index (κ3) is 1.65. The molecule has 1 N–H and O–H groups in total. The van der Waals surface area contributed by atoms with Crippen LogP contribution < -0.4 is 10.2 Å². The summed E-state index contributed by atoms with van der Waals surface area (Å²) in [6, 6.07) is 0.265. The normalized spacial score (nSPS) is 22.2. The van der Waals surface area contributed by atoms with Gasteiger partial charge in [-0.1, -0.05) is 0 Å². The molecule has 0 radical (unpaired) electrons. The molecule has 0 spiro atoms. The second-order valence-electron chi connectivity index (χ2n) is 3.48. The summed E-state index contributed by atoms with van der Waals surface area (Å²) >= 11 is 0. The van der Waals surface area contributed by atoms with Gasteiger partial charge in [0, 0.05) is 14.1 Å². The summed E-state index contributed by atoms with van der Waals surface area (Å²) in [4.78, 5) is 6.11. The van der Waals surface area contributed by atoms with Crippen LogP contribution in [0, 0.1) is 0 Å². The molecule has 0 aromatic carbocycles. The zero-order chi connectivity index (χ0) is 9.26. The van der Waals surface area contributed by atoms with Crippen LogP contribution in [0.3, 0.4) is 0 Å². The van der Waals surface area contributed by atoms with Crippen LogP contribution in [0.5, 0.6) is 0 Å². The number of anilines is 1. The Bertz CT molecular complexity index is 277. The summed E-state index contributed by atoms with van der Waals surface area (Å²) < 4.78 is 5.14. The zero-order valence-electron chi connectivity index (χ0n) is 7.95. The number of rotatable bonds is 2. The molecule has 1 atom stereocenters. The lowest BCUT2D eigenvalue weighted by Crippen LogP contribution is -2.14. The number of hydrogen-bond acceptors (Lipinski definition) is 5. The van der Waals surface area contributed by atoms with Crippen LogP contribution in [0.25, 0.3) is 0 Å². The molecule has 1 aliphatic heterocycles. The standard InChI is InChI=1S/C8H14N4O/c1-12(2)8-10-7(13-11-8)6-4-3-5-9-6/h6,9H,3-5H2,1-2H3/t6-/m1/s1. The lowest BCUT2D eigenvalue weighted by molar-refractivity contribution is 0.344. The van der Waals surface area contributed by atoms with Crippen LogP contribution in [-0.4, -0.2) is 30.8 Å². The molecular formula is C8H14N4O. The Morgan fingerprint density at radius 1 is 1.54 bits per heavy atom. The highest BCUT2D eigenvalue weighted by atomic mass is 16.5. The van der Waals surface area contributed by atoms with E-state index in [4.69, 9.17) is 4.52 Å². The molecule has 1 saturated heterocycles. The first-order valence-electron chi connectivity index (χ1n) is 4.51. The molecule has 0 bridgehead atoms. The Hall–Kier alpha value is -1.10. The van der Waals surface area contributed by atoms with E-state index in [9.17, 15) is 0 Å². The van der Waals surface area contributed by atoms with E-state index in [1.54, 1.807) is 0 Å². The highest BCUT2D eigenvalue weighted by Crippen LogP contribution is 2.22. The quantitative estimate of drug-likeness (QED) is 0.724. The minimum Gasteiger partial charge on any atom is -0.344 e. The molecule has 1 aliphatic rings. The van der Waals surface area contributed by atoms with E-state index in [-0.39, 0.29) is 6.04 Å². The van der Waals surface area contributed by atoms with Gasteiger partial charge in [-0.25, -0.2) is 0 Å². The first-order valence-corrected chi connectivity index (χ1v) is 4.51. The van der Waals surface area contributed by atoms with Gasteiger partial charge in [-0.15, -0.1) is 0 Å². The first-order chi connectivity index (χ1) is 6.27. The molecule has 2 heterocycles. The van der Waals surface area contributed by atoms with Gasteiger partial charge >= 0.3 is 0 Å². The van der Waals surface area contributed by atoms with Gasteiger partial charge < -0.3 is 14.7 Å². The second-order valence-corrected chi connectivity index (χ2v) is 3.48. The lowest BCUT2D eigenvalue weighted by Gasteiger charge is -2.04. The first kappa shape index (κ1) is 8.50. The Morgan fingerprint density at radius 2 is 2.38 bits per heavy atom. The van der Waals surface area contributed by atoms with Crippen LogP contribution >= 0.6 is 0 Å². The monoisotopic (exact) mass is 182 g/mol. The fourth-order valence-electron chi connectivity index (χ4n) is 1.45. The Labute approximate surface area is 77.1 Å². The molecule has 5 heteroatoms. The molecule has 0 unspecified atom stereocenters. The van der Waals surface area contributed by atoms with E-state index >= 15 is 0 Å². The molecule has 0 aliphatic carbocycles. The lowest BCUT2D eigenvalue weighted by atomic mass is 10.2. The molecule has 1 fully saturated rings. The van der Waals surface area contributed by atoms with Crippen LogP contribution in [0.2, 0.25) is 0 Å². The maximum absolute atomic E-state index is 5.14. The smallest absolute Gasteiger partial charge is 0.265 e. The molecule has 72 valence electrons. The zero-order valence-corrected chi connectivity index (χ0v) is 7.95. The van der Waals surface area contributed by atoms with Crippen molar-refractivity contribution in [2.45, 2.75) is 18.9 Å². The number of nitrogens with zero attached hydrogens (tertiary/aromatic N) is 3. The van der Waals surface area contributed by atoms with Crippen LogP contribution in [0.15, 0.2) is 4.52 Å². The predicted octanol–water partition coefficient (Wildman–Crippen LogP) is 0.560. The second kappa shape index (κ2) is 3.33. The Kier molecular flexibility index (Phi) is 2.18. The molecular weight excluding hydrogens is 168 g/mol. The fraction of sp³-hybridized carbons (Fsp3) is 0.750. The summed E-state index contributed by atoms with van der Waals surface area (Å²) in [5.41, 5.74) is 0. The number of nitrogens with one attached hydrogen (secondary N) is 1. The number of aromatic nitrogens is 2. The van der Waals surface area contributed by atoms with Crippen molar-refractivity contribution in [2.24, 2.45) is 0 Å². The van der Waals surface area contributed by atoms with E-state index in [0.29, 0.717) is 11.8 Å². The van der Waals surface area contributed by atoms with Gasteiger partial charge in [-0.3, -0.25) is 0 Å². The Balaban J connectivity index is 2.12. The molecule has 13 heavy (non-hydrogen) atoms. The molecule has 5 nitrogen and oxygen atoms in total. The molecule has 1 aromatic heterocycles. The third-order valence-corrected chi connectivity index (χ3v) is 2.19. The molecule has 1 aromatic rings. The van der Waals surface area contributed by atoms with E-state index in [1.807, 2.05) is 19.0 Å². The maximum atomic E-state index is 5.14. The topological polar surface area (TPSA) is 54.2 Å². The average Bonchev–Trinajstić information content (AvgIpc) is 2.75. The maximum Gasteiger partial charge on any atom is 0.265 e. The van der Waals surface area contributed by atoms with Crippen molar-refractivity contribution in [2.75, 3.05) is 25.5 Å². The summed E-state index contributed by atoms with van der Waals surface area (Å²) in [7, 11) is 3.80. The van der Waals surface area contributed by atoms with Crippen molar-refractivity contribution in [3.8, 4) is 0 Å². The summed E-state index contributed by atoms with van der Waals surface area (Å²) in [6.45, 7) is 1.05. The van der Waals surface area contributed by atoms with Gasteiger partial charge in [0.25, 0.3) is 5.95 Å². The van der Waals surface area contributed by atoms with E-state index in [2.05, 4.69) is 15.5 Å². The fourth-order valence-corrected chi connectivity index (χ4v) is 1.45. The van der Waals surface area contributed by atoms with Crippen LogP contribution in [0.1, 0.15) is 24.8 Å². The Morgan fingerprint density at radius 3 is 2.92 bits per heavy atom. The van der Waals surface area contributed by atoms with E-state index in [0.717, 1.165) is 13.0 Å². The molecule has 0 saturated carbocycles. The van der Waals surface area contributed by atoms with E-state index < -0.39 is 0 Å². The van der Waals surface area contributed by atoms with Crippen molar-refractivity contribution >= 4 is 5.95 Å². The number of hydrogen-bond donors (Lipinski definition) is 1. The van der Waals surface area contributed by atoms with Gasteiger partial charge in [-0.2, -0.15) is 4.98 Å². The van der Waals surface area contributed by atoms with Gasteiger partial charge in [0.1, 0.15) is 0 Å². The van der Waals surface area contributed by atoms with Crippen LogP contribution in [-0.2, 0) is 0 Å². The minimum absolute atomic E-state index is 0.265. The summed E-state index contributed by atoms with van der Waals surface area (Å²) in [5.74, 6) is 1.35. The summed E-state index contributed by atoms with van der Waals surface area (Å²) in [5, 5.41) is 7.17. The largest absolute Gasteiger partial charge is 0.344 e. The van der Waals surface area contributed by atoms with Crippen molar-refractivity contribution in [1.29, 1.82) is 0 Å². The third-order valence-electron chi connectivity index (χ3n) is 2.19. The SMILES string of the molecule is CN(C)c1noc([C@H]2CCCN2)n1. The highest BCUT2D eigenvalue weighted by molar-refractivity contribution is 5.24. The van der Waals surface area contributed by atoms with Gasteiger partial charge in [-0.05, 0) is 24.5 Å².